The Balaban J connectivity index is 1.41. The Bertz CT molecular complexity index is 925. The number of amides is 2. The molecule has 0 unspecified atom stereocenters. The molecular formula is C21H28N4O3. The number of nitrogens with zero attached hydrogens (tertiary/aromatic N) is 3. The second kappa shape index (κ2) is 7.93. The summed E-state index contributed by atoms with van der Waals surface area (Å²) in [7, 11) is 0. The van der Waals surface area contributed by atoms with E-state index >= 15 is 0 Å². The highest BCUT2D eigenvalue weighted by Crippen LogP contribution is 2.19. The average molecular weight is 384 g/mol. The molecule has 1 aromatic heterocycles. The predicted molar refractivity (Wildman–Crippen MR) is 109 cm³/mol. The summed E-state index contributed by atoms with van der Waals surface area (Å²) in [5.74, 6) is 0. The summed E-state index contributed by atoms with van der Waals surface area (Å²) in [6, 6.07) is 6.32. The van der Waals surface area contributed by atoms with Gasteiger partial charge in [0.15, 0.2) is 0 Å². The third kappa shape index (κ3) is 3.91. The van der Waals surface area contributed by atoms with Crippen LogP contribution >= 0.6 is 0 Å². The molecule has 0 saturated carbocycles. The Morgan fingerprint density at radius 2 is 1.68 bits per heavy atom. The molecule has 0 radical (unpaired) electrons. The number of hydrogen-bond acceptors (Lipinski definition) is 4. The van der Waals surface area contributed by atoms with Gasteiger partial charge >= 0.3 is 6.03 Å². The van der Waals surface area contributed by atoms with Crippen molar-refractivity contribution in [3.63, 3.8) is 0 Å². The SMILES string of the molecule is Cc1cc(C)c2[nH]c(=O)c(CN3CCN(C(=O)N4CCOCC4)CC3)cc2c1. The number of fused-ring (bicyclic) bond motifs is 1. The van der Waals surface area contributed by atoms with Gasteiger partial charge in [0, 0.05) is 51.4 Å². The van der Waals surface area contributed by atoms with E-state index in [-0.39, 0.29) is 11.6 Å². The van der Waals surface area contributed by atoms with Gasteiger partial charge in [0.2, 0.25) is 0 Å². The number of ether oxygens (including phenoxy) is 1. The zero-order chi connectivity index (χ0) is 19.7. The van der Waals surface area contributed by atoms with Gasteiger partial charge in [-0.05, 0) is 36.9 Å². The molecule has 1 aromatic carbocycles. The first-order valence-corrected chi connectivity index (χ1v) is 9.98. The lowest BCUT2D eigenvalue weighted by Crippen LogP contribution is -2.54. The normalized spacial score (nSPS) is 18.6. The smallest absolute Gasteiger partial charge is 0.320 e. The minimum atomic E-state index is -0.0220. The number of pyridine rings is 1. The zero-order valence-corrected chi connectivity index (χ0v) is 16.7. The topological polar surface area (TPSA) is 68.9 Å². The zero-order valence-electron chi connectivity index (χ0n) is 16.7. The number of H-pyrrole nitrogens is 1. The van der Waals surface area contributed by atoms with Crippen LogP contribution in [-0.2, 0) is 11.3 Å². The fraction of sp³-hybridized carbons (Fsp3) is 0.524. The van der Waals surface area contributed by atoms with Crippen molar-refractivity contribution in [2.24, 2.45) is 0 Å². The van der Waals surface area contributed by atoms with E-state index in [9.17, 15) is 9.59 Å². The van der Waals surface area contributed by atoms with E-state index in [4.69, 9.17) is 4.74 Å². The van der Waals surface area contributed by atoms with Crippen molar-refractivity contribution >= 4 is 16.9 Å². The lowest BCUT2D eigenvalue weighted by atomic mass is 10.1. The molecule has 4 rings (SSSR count). The Morgan fingerprint density at radius 1 is 1.00 bits per heavy atom. The van der Waals surface area contributed by atoms with Crippen molar-refractivity contribution in [1.82, 2.24) is 19.7 Å². The third-order valence-corrected chi connectivity index (χ3v) is 5.69. The molecule has 2 aliphatic heterocycles. The van der Waals surface area contributed by atoms with E-state index in [2.05, 4.69) is 28.9 Å². The molecule has 0 spiro atoms. The van der Waals surface area contributed by atoms with E-state index in [0.717, 1.165) is 35.1 Å². The molecule has 2 aromatic rings. The first-order chi connectivity index (χ1) is 13.5. The van der Waals surface area contributed by atoms with Crippen LogP contribution in [0.25, 0.3) is 10.9 Å². The fourth-order valence-corrected chi connectivity index (χ4v) is 4.14. The number of aromatic amines is 1. The van der Waals surface area contributed by atoms with Crippen LogP contribution in [-0.4, -0.2) is 78.2 Å². The predicted octanol–water partition coefficient (Wildman–Crippen LogP) is 1.71. The maximum Gasteiger partial charge on any atom is 0.320 e. The van der Waals surface area contributed by atoms with E-state index in [1.807, 2.05) is 22.8 Å². The molecule has 28 heavy (non-hydrogen) atoms. The van der Waals surface area contributed by atoms with Gasteiger partial charge in [-0.15, -0.1) is 0 Å². The Kier molecular flexibility index (Phi) is 5.37. The third-order valence-electron chi connectivity index (χ3n) is 5.69. The molecule has 2 saturated heterocycles. The number of hydrogen-bond donors (Lipinski definition) is 1. The number of aryl methyl sites for hydroxylation is 2. The summed E-state index contributed by atoms with van der Waals surface area (Å²) in [5.41, 5.74) is 3.96. The molecule has 7 heteroatoms. The highest BCUT2D eigenvalue weighted by Gasteiger charge is 2.26. The molecule has 2 aliphatic rings. The van der Waals surface area contributed by atoms with E-state index < -0.39 is 0 Å². The number of aromatic nitrogens is 1. The van der Waals surface area contributed by atoms with Gasteiger partial charge in [0.1, 0.15) is 0 Å². The van der Waals surface area contributed by atoms with Gasteiger partial charge < -0.3 is 19.5 Å². The molecule has 150 valence electrons. The van der Waals surface area contributed by atoms with Gasteiger partial charge in [-0.25, -0.2) is 4.79 Å². The van der Waals surface area contributed by atoms with Crippen LogP contribution in [0, 0.1) is 13.8 Å². The summed E-state index contributed by atoms with van der Waals surface area (Å²) in [5, 5.41) is 1.08. The van der Waals surface area contributed by atoms with Crippen molar-refractivity contribution < 1.29 is 9.53 Å². The fourth-order valence-electron chi connectivity index (χ4n) is 4.14. The van der Waals surface area contributed by atoms with Crippen molar-refractivity contribution in [2.45, 2.75) is 20.4 Å². The minimum absolute atomic E-state index is 0.0220. The quantitative estimate of drug-likeness (QED) is 0.856. The molecule has 1 N–H and O–H groups in total. The van der Waals surface area contributed by atoms with Crippen molar-refractivity contribution in [2.75, 3.05) is 52.5 Å². The van der Waals surface area contributed by atoms with Crippen LogP contribution in [0.3, 0.4) is 0 Å². The number of carbonyl (C=O) groups excluding carboxylic acids is 1. The van der Waals surface area contributed by atoms with Crippen molar-refractivity contribution in [1.29, 1.82) is 0 Å². The number of piperazine rings is 1. The van der Waals surface area contributed by atoms with Crippen molar-refractivity contribution in [3.05, 3.63) is 45.2 Å². The van der Waals surface area contributed by atoms with E-state index in [0.29, 0.717) is 45.9 Å². The second-order valence-electron chi connectivity index (χ2n) is 7.81. The second-order valence-corrected chi connectivity index (χ2v) is 7.81. The van der Waals surface area contributed by atoms with E-state index in [1.54, 1.807) is 0 Å². The molecule has 2 amide bonds. The number of urea groups is 1. The summed E-state index contributed by atoms with van der Waals surface area (Å²) < 4.78 is 5.32. The number of nitrogens with one attached hydrogen (secondary N) is 1. The molecule has 2 fully saturated rings. The molecular weight excluding hydrogens is 356 g/mol. The Morgan fingerprint density at radius 3 is 2.39 bits per heavy atom. The molecule has 0 atom stereocenters. The summed E-state index contributed by atoms with van der Waals surface area (Å²) in [6.45, 7) is 10.2. The number of rotatable bonds is 2. The van der Waals surface area contributed by atoms with Gasteiger partial charge in [0.25, 0.3) is 5.56 Å². The molecule has 7 nitrogen and oxygen atoms in total. The van der Waals surface area contributed by atoms with Crippen LogP contribution in [0.2, 0.25) is 0 Å². The summed E-state index contributed by atoms with van der Waals surface area (Å²) in [4.78, 5) is 34.3. The lowest BCUT2D eigenvalue weighted by molar-refractivity contribution is 0.0373. The lowest BCUT2D eigenvalue weighted by Gasteiger charge is -2.38. The molecule has 0 aliphatic carbocycles. The van der Waals surface area contributed by atoms with E-state index in [1.165, 1.54) is 5.56 Å². The highest BCUT2D eigenvalue weighted by molar-refractivity contribution is 5.82. The van der Waals surface area contributed by atoms with Crippen molar-refractivity contribution in [3.8, 4) is 0 Å². The van der Waals surface area contributed by atoms with Crippen LogP contribution < -0.4 is 5.56 Å². The number of carbonyl (C=O) groups is 1. The van der Waals surface area contributed by atoms with Crippen LogP contribution in [0.1, 0.15) is 16.7 Å². The first kappa shape index (κ1) is 19.0. The van der Waals surface area contributed by atoms with Gasteiger partial charge in [-0.2, -0.15) is 0 Å². The number of benzene rings is 1. The highest BCUT2D eigenvalue weighted by atomic mass is 16.5. The number of morpholine rings is 1. The summed E-state index contributed by atoms with van der Waals surface area (Å²) >= 11 is 0. The largest absolute Gasteiger partial charge is 0.378 e. The maximum atomic E-state index is 12.6. The molecule has 0 bridgehead atoms. The summed E-state index contributed by atoms with van der Waals surface area (Å²) in [6.07, 6.45) is 0. The minimum Gasteiger partial charge on any atom is -0.378 e. The van der Waals surface area contributed by atoms with Crippen LogP contribution in [0.15, 0.2) is 23.0 Å². The van der Waals surface area contributed by atoms with Gasteiger partial charge in [-0.3, -0.25) is 9.69 Å². The monoisotopic (exact) mass is 384 g/mol. The first-order valence-electron chi connectivity index (χ1n) is 9.98. The maximum absolute atomic E-state index is 12.6. The van der Waals surface area contributed by atoms with Gasteiger partial charge in [0.05, 0.1) is 18.7 Å². The van der Waals surface area contributed by atoms with Crippen LogP contribution in [0.4, 0.5) is 4.79 Å². The Hall–Kier alpha value is -2.38. The van der Waals surface area contributed by atoms with Crippen LogP contribution in [0.5, 0.6) is 0 Å². The standard InChI is InChI=1S/C21H28N4O3/c1-15-11-16(2)19-17(12-15)13-18(20(26)22-19)14-23-3-5-24(6-4-23)21(27)25-7-9-28-10-8-25/h11-13H,3-10,14H2,1-2H3,(H,22,26). The Labute approximate surface area is 164 Å². The molecule has 3 heterocycles. The average Bonchev–Trinajstić information content (AvgIpc) is 2.70. The van der Waals surface area contributed by atoms with Gasteiger partial charge in [-0.1, -0.05) is 11.6 Å².